The van der Waals surface area contributed by atoms with Gasteiger partial charge in [0.25, 0.3) is 0 Å². The van der Waals surface area contributed by atoms with Crippen LogP contribution < -0.4 is 10.1 Å². The van der Waals surface area contributed by atoms with Gasteiger partial charge in [-0.1, -0.05) is 19.1 Å². The summed E-state index contributed by atoms with van der Waals surface area (Å²) >= 11 is 0. The molecule has 1 rings (SSSR count). The van der Waals surface area contributed by atoms with Gasteiger partial charge in [-0.25, -0.2) is 0 Å². The lowest BCUT2D eigenvalue weighted by molar-refractivity contribution is 0.00539. The van der Waals surface area contributed by atoms with E-state index in [-0.39, 0.29) is 5.60 Å². The smallest absolute Gasteiger partial charge is 0.122 e. The molecule has 114 valence electrons. The Morgan fingerprint density at radius 3 is 2.55 bits per heavy atom. The van der Waals surface area contributed by atoms with E-state index >= 15 is 0 Å². The minimum atomic E-state index is -0.132. The third-order valence-corrected chi connectivity index (χ3v) is 3.72. The molecule has 1 aromatic carbocycles. The highest BCUT2D eigenvalue weighted by molar-refractivity contribution is 5.37. The van der Waals surface area contributed by atoms with Crippen LogP contribution in [0.2, 0.25) is 0 Å². The van der Waals surface area contributed by atoms with E-state index < -0.39 is 0 Å². The van der Waals surface area contributed by atoms with Crippen LogP contribution >= 0.6 is 0 Å². The molecule has 0 aromatic heterocycles. The predicted molar refractivity (Wildman–Crippen MR) is 84.5 cm³/mol. The normalized spacial score (nSPS) is 13.3. The average molecular weight is 279 g/mol. The van der Waals surface area contributed by atoms with Crippen LogP contribution in [0.15, 0.2) is 18.2 Å². The lowest BCUT2D eigenvalue weighted by Gasteiger charge is -2.23. The summed E-state index contributed by atoms with van der Waals surface area (Å²) in [5, 5.41) is 3.42. The Bertz CT molecular complexity index is 415. The lowest BCUT2D eigenvalue weighted by atomic mass is 10.0. The Balaban J connectivity index is 2.60. The molecule has 0 saturated heterocycles. The Morgan fingerprint density at radius 1 is 1.30 bits per heavy atom. The molecule has 1 unspecified atom stereocenters. The molecule has 3 nitrogen and oxygen atoms in total. The van der Waals surface area contributed by atoms with Gasteiger partial charge in [0, 0.05) is 19.6 Å². The summed E-state index contributed by atoms with van der Waals surface area (Å²) in [5.74, 6) is 0.962. The fourth-order valence-electron chi connectivity index (χ4n) is 2.04. The first-order valence-electron chi connectivity index (χ1n) is 7.41. The molecule has 0 aliphatic heterocycles. The monoisotopic (exact) mass is 279 g/mol. The summed E-state index contributed by atoms with van der Waals surface area (Å²) in [6.45, 7) is 12.2. The van der Waals surface area contributed by atoms with Crippen LogP contribution in [-0.2, 0) is 4.74 Å². The summed E-state index contributed by atoms with van der Waals surface area (Å²) in [4.78, 5) is 0. The fraction of sp³-hybridized carbons (Fsp3) is 0.647. The van der Waals surface area contributed by atoms with Crippen molar-refractivity contribution in [3.8, 4) is 5.75 Å². The van der Waals surface area contributed by atoms with Gasteiger partial charge in [0.15, 0.2) is 0 Å². The van der Waals surface area contributed by atoms with Crippen LogP contribution in [0.3, 0.4) is 0 Å². The number of methoxy groups -OCH3 is 1. The first-order valence-corrected chi connectivity index (χ1v) is 7.41. The number of rotatable bonds is 8. The van der Waals surface area contributed by atoms with E-state index in [1.807, 2.05) is 0 Å². The maximum Gasteiger partial charge on any atom is 0.122 e. The van der Waals surface area contributed by atoms with E-state index in [2.05, 4.69) is 58.1 Å². The average Bonchev–Trinajstić information content (AvgIpc) is 2.40. The van der Waals surface area contributed by atoms with Crippen molar-refractivity contribution in [2.45, 2.75) is 52.7 Å². The van der Waals surface area contributed by atoms with Crippen LogP contribution in [-0.4, -0.2) is 25.9 Å². The highest BCUT2D eigenvalue weighted by Crippen LogP contribution is 2.23. The van der Waals surface area contributed by atoms with Crippen molar-refractivity contribution in [2.75, 3.05) is 20.3 Å². The second-order valence-electron chi connectivity index (χ2n) is 5.87. The van der Waals surface area contributed by atoms with Crippen molar-refractivity contribution in [2.24, 2.45) is 0 Å². The van der Waals surface area contributed by atoms with E-state index in [0.717, 1.165) is 18.7 Å². The summed E-state index contributed by atoms with van der Waals surface area (Å²) in [6.07, 6.45) is 0.873. The fourth-order valence-corrected chi connectivity index (χ4v) is 2.04. The number of hydrogen-bond donors (Lipinski definition) is 1. The number of benzene rings is 1. The summed E-state index contributed by atoms with van der Waals surface area (Å²) < 4.78 is 11.3. The molecular formula is C17H29NO2. The van der Waals surface area contributed by atoms with Gasteiger partial charge in [0.1, 0.15) is 5.75 Å². The SMILES string of the molecule is CCNC(C)c1ccc(OCCC(C)(C)OC)c(C)c1. The van der Waals surface area contributed by atoms with E-state index in [1.54, 1.807) is 7.11 Å². The minimum Gasteiger partial charge on any atom is -0.493 e. The van der Waals surface area contributed by atoms with Gasteiger partial charge in [-0.15, -0.1) is 0 Å². The van der Waals surface area contributed by atoms with Gasteiger partial charge in [-0.05, 0) is 51.4 Å². The van der Waals surface area contributed by atoms with Gasteiger partial charge in [-0.2, -0.15) is 0 Å². The first kappa shape index (κ1) is 17.0. The minimum absolute atomic E-state index is 0.132. The zero-order valence-corrected chi connectivity index (χ0v) is 13.7. The Morgan fingerprint density at radius 2 is 2.00 bits per heavy atom. The largest absolute Gasteiger partial charge is 0.493 e. The van der Waals surface area contributed by atoms with Crippen LogP contribution in [0.25, 0.3) is 0 Å². The lowest BCUT2D eigenvalue weighted by Crippen LogP contribution is -2.25. The molecule has 0 heterocycles. The summed E-state index contributed by atoms with van der Waals surface area (Å²) in [7, 11) is 1.74. The molecule has 1 atom stereocenters. The maximum atomic E-state index is 5.87. The van der Waals surface area contributed by atoms with Crippen molar-refractivity contribution >= 4 is 0 Å². The van der Waals surface area contributed by atoms with Crippen LogP contribution in [0, 0.1) is 6.92 Å². The topological polar surface area (TPSA) is 30.5 Å². The summed E-state index contributed by atoms with van der Waals surface area (Å²) in [6, 6.07) is 6.78. The van der Waals surface area contributed by atoms with Gasteiger partial charge in [-0.3, -0.25) is 0 Å². The van der Waals surface area contributed by atoms with Gasteiger partial charge >= 0.3 is 0 Å². The summed E-state index contributed by atoms with van der Waals surface area (Å²) in [5.41, 5.74) is 2.35. The molecular weight excluding hydrogens is 250 g/mol. The zero-order valence-electron chi connectivity index (χ0n) is 13.7. The number of nitrogens with one attached hydrogen (secondary N) is 1. The molecule has 0 bridgehead atoms. The zero-order chi connectivity index (χ0) is 15.2. The van der Waals surface area contributed by atoms with Gasteiger partial charge in [0.2, 0.25) is 0 Å². The number of hydrogen-bond acceptors (Lipinski definition) is 3. The number of aryl methyl sites for hydroxylation is 1. The van der Waals surface area contributed by atoms with Crippen molar-refractivity contribution < 1.29 is 9.47 Å². The van der Waals surface area contributed by atoms with Crippen LogP contribution in [0.4, 0.5) is 0 Å². The van der Waals surface area contributed by atoms with E-state index in [9.17, 15) is 0 Å². The number of ether oxygens (including phenoxy) is 2. The second kappa shape index (κ2) is 7.65. The van der Waals surface area contributed by atoms with Crippen molar-refractivity contribution in [3.05, 3.63) is 29.3 Å². The van der Waals surface area contributed by atoms with E-state index in [0.29, 0.717) is 12.6 Å². The third-order valence-electron chi connectivity index (χ3n) is 3.72. The second-order valence-corrected chi connectivity index (χ2v) is 5.87. The predicted octanol–water partition coefficient (Wildman–Crippen LogP) is 3.86. The Kier molecular flexibility index (Phi) is 6.50. The van der Waals surface area contributed by atoms with Gasteiger partial charge in [0.05, 0.1) is 12.2 Å². The van der Waals surface area contributed by atoms with Crippen LogP contribution in [0.1, 0.15) is 51.3 Å². The van der Waals surface area contributed by atoms with E-state index in [1.165, 1.54) is 11.1 Å². The van der Waals surface area contributed by atoms with Crippen LogP contribution in [0.5, 0.6) is 5.75 Å². The molecule has 0 aliphatic carbocycles. The molecule has 3 heteroatoms. The maximum absolute atomic E-state index is 5.87. The highest BCUT2D eigenvalue weighted by Gasteiger charge is 2.16. The molecule has 0 spiro atoms. The molecule has 20 heavy (non-hydrogen) atoms. The highest BCUT2D eigenvalue weighted by atomic mass is 16.5. The standard InChI is InChI=1S/C17H29NO2/c1-7-18-14(3)15-8-9-16(13(2)12-15)20-11-10-17(4,5)19-6/h8-9,12,14,18H,7,10-11H2,1-6H3. The van der Waals surface area contributed by atoms with Gasteiger partial charge < -0.3 is 14.8 Å². The van der Waals surface area contributed by atoms with Crippen molar-refractivity contribution in [3.63, 3.8) is 0 Å². The quantitative estimate of drug-likeness (QED) is 0.784. The Labute approximate surface area is 123 Å². The molecule has 0 aliphatic rings. The van der Waals surface area contributed by atoms with E-state index in [4.69, 9.17) is 9.47 Å². The molecule has 0 fully saturated rings. The Hall–Kier alpha value is -1.06. The molecule has 0 radical (unpaired) electrons. The van der Waals surface area contributed by atoms with Crippen molar-refractivity contribution in [1.82, 2.24) is 5.32 Å². The van der Waals surface area contributed by atoms with Crippen molar-refractivity contribution in [1.29, 1.82) is 0 Å². The third kappa shape index (κ3) is 5.14. The molecule has 1 N–H and O–H groups in total. The molecule has 0 amide bonds. The molecule has 1 aromatic rings. The molecule has 0 saturated carbocycles. The first-order chi connectivity index (χ1) is 9.39.